The molecule has 0 bridgehead atoms. The van der Waals surface area contributed by atoms with Crippen LogP contribution in [0.2, 0.25) is 0 Å². The van der Waals surface area contributed by atoms with Gasteiger partial charge in [-0.15, -0.1) is 11.3 Å². The van der Waals surface area contributed by atoms with Crippen LogP contribution < -0.4 is 5.32 Å². The number of anilines is 2. The summed E-state index contributed by atoms with van der Waals surface area (Å²) in [4.78, 5) is 24.1. The van der Waals surface area contributed by atoms with Crippen LogP contribution in [0.3, 0.4) is 0 Å². The fourth-order valence-corrected chi connectivity index (χ4v) is 5.72. The molecule has 0 saturated heterocycles. The van der Waals surface area contributed by atoms with E-state index in [1.165, 1.54) is 11.3 Å². The Kier molecular flexibility index (Phi) is 6.80. The number of hydrogen-bond acceptors (Lipinski definition) is 8. The van der Waals surface area contributed by atoms with Crippen LogP contribution in [-0.4, -0.2) is 36.2 Å². The van der Waals surface area contributed by atoms with Crippen molar-refractivity contribution in [1.29, 1.82) is 0 Å². The Morgan fingerprint density at radius 2 is 2.00 bits per heavy atom. The first-order valence-electron chi connectivity index (χ1n) is 11.1. The molecular formula is C24H25F3N4O4S. The van der Waals surface area contributed by atoms with Crippen LogP contribution in [0.4, 0.5) is 24.8 Å². The molecule has 1 aromatic carbocycles. The number of nitrogens with zero attached hydrogens (tertiary/aromatic N) is 3. The number of carboxylic acid groups (broad SMARTS) is 1. The van der Waals surface area contributed by atoms with Gasteiger partial charge in [0, 0.05) is 18.1 Å². The standard InChI is InChI=1S/C24H25F3N4O4S/c1-22(2)12-23(35,5-3-16(22)19(33)34)20-29-10-17(36-20)14-7-13(11-32)8-15(9-14)30-21-28-6-4-18(31-21)24(25,26)27/h4,6-10,16,32,35H,3,5,11-12H2,1-2H3,(H,33,34)(H,28,30,31). The number of aliphatic carboxylic acids is 1. The van der Waals surface area contributed by atoms with Crippen LogP contribution in [0.1, 0.15) is 49.4 Å². The van der Waals surface area contributed by atoms with E-state index in [-0.39, 0.29) is 25.4 Å². The highest BCUT2D eigenvalue weighted by Crippen LogP contribution is 2.51. The third kappa shape index (κ3) is 5.35. The fraction of sp³-hybridized carbons (Fsp3) is 0.417. The zero-order chi connectivity index (χ0) is 26.3. The Hall–Kier alpha value is -3.09. The summed E-state index contributed by atoms with van der Waals surface area (Å²) in [6.45, 7) is 3.33. The highest BCUT2D eigenvalue weighted by atomic mass is 32.1. The minimum atomic E-state index is -4.62. The summed E-state index contributed by atoms with van der Waals surface area (Å²) in [7, 11) is 0. The minimum absolute atomic E-state index is 0.236. The third-order valence-electron chi connectivity index (χ3n) is 6.40. The summed E-state index contributed by atoms with van der Waals surface area (Å²) in [5.74, 6) is -1.69. The summed E-state index contributed by atoms with van der Waals surface area (Å²) in [6, 6.07) is 5.72. The molecule has 0 amide bonds. The van der Waals surface area contributed by atoms with E-state index in [0.717, 1.165) is 12.3 Å². The van der Waals surface area contributed by atoms with Crippen molar-refractivity contribution in [2.45, 2.75) is 51.5 Å². The number of aliphatic hydroxyl groups is 2. The Bertz CT molecular complexity index is 1280. The van der Waals surface area contributed by atoms with E-state index in [2.05, 4.69) is 20.3 Å². The van der Waals surface area contributed by atoms with Gasteiger partial charge in [0.05, 0.1) is 17.4 Å². The first-order valence-corrected chi connectivity index (χ1v) is 12.0. The number of aliphatic hydroxyl groups excluding tert-OH is 1. The van der Waals surface area contributed by atoms with Gasteiger partial charge in [-0.3, -0.25) is 4.79 Å². The number of alkyl halides is 3. The maximum absolute atomic E-state index is 13.0. The van der Waals surface area contributed by atoms with Crippen LogP contribution in [0.15, 0.2) is 36.7 Å². The number of carboxylic acids is 1. The van der Waals surface area contributed by atoms with Crippen molar-refractivity contribution in [3.63, 3.8) is 0 Å². The van der Waals surface area contributed by atoms with Crippen LogP contribution in [0.5, 0.6) is 0 Å². The van der Waals surface area contributed by atoms with Gasteiger partial charge in [-0.05, 0) is 60.1 Å². The lowest BCUT2D eigenvalue weighted by molar-refractivity contribution is -0.154. The van der Waals surface area contributed by atoms with E-state index in [4.69, 9.17) is 0 Å². The molecule has 2 aromatic heterocycles. The first kappa shape index (κ1) is 26.0. The van der Waals surface area contributed by atoms with Crippen molar-refractivity contribution >= 4 is 28.9 Å². The van der Waals surface area contributed by atoms with E-state index in [1.807, 2.05) is 13.8 Å². The number of hydrogen-bond donors (Lipinski definition) is 4. The van der Waals surface area contributed by atoms with Gasteiger partial charge in [0.15, 0.2) is 0 Å². The molecule has 0 aliphatic heterocycles. The van der Waals surface area contributed by atoms with E-state index < -0.39 is 34.8 Å². The summed E-state index contributed by atoms with van der Waals surface area (Å²) in [6.07, 6.45) is -1.22. The van der Waals surface area contributed by atoms with Gasteiger partial charge in [0.2, 0.25) is 5.95 Å². The molecule has 3 aromatic rings. The lowest BCUT2D eigenvalue weighted by Crippen LogP contribution is -2.44. The Morgan fingerprint density at radius 3 is 2.64 bits per heavy atom. The summed E-state index contributed by atoms with van der Waals surface area (Å²) in [5.41, 5.74) is -1.50. The molecule has 1 fully saturated rings. The van der Waals surface area contributed by atoms with Crippen LogP contribution >= 0.6 is 11.3 Å². The quantitative estimate of drug-likeness (QED) is 0.358. The number of aromatic nitrogens is 3. The highest BCUT2D eigenvalue weighted by Gasteiger charge is 2.49. The maximum Gasteiger partial charge on any atom is 0.433 e. The molecule has 2 unspecified atom stereocenters. The lowest BCUT2D eigenvalue weighted by Gasteiger charge is -2.44. The molecule has 1 aliphatic carbocycles. The zero-order valence-corrected chi connectivity index (χ0v) is 20.3. The fourth-order valence-electron chi connectivity index (χ4n) is 4.71. The van der Waals surface area contributed by atoms with Gasteiger partial charge in [0.25, 0.3) is 0 Å². The van der Waals surface area contributed by atoms with Gasteiger partial charge in [-0.25, -0.2) is 15.0 Å². The van der Waals surface area contributed by atoms with Crippen LogP contribution in [0.25, 0.3) is 10.4 Å². The summed E-state index contributed by atoms with van der Waals surface area (Å²) >= 11 is 1.24. The minimum Gasteiger partial charge on any atom is -0.481 e. The number of benzene rings is 1. The second-order valence-corrected chi connectivity index (χ2v) is 10.7. The topological polar surface area (TPSA) is 128 Å². The predicted molar refractivity (Wildman–Crippen MR) is 126 cm³/mol. The second-order valence-electron chi connectivity index (χ2n) is 9.62. The molecule has 2 heterocycles. The first-order chi connectivity index (χ1) is 16.8. The Morgan fingerprint density at radius 1 is 1.25 bits per heavy atom. The van der Waals surface area contributed by atoms with Crippen molar-refractivity contribution in [2.24, 2.45) is 11.3 Å². The third-order valence-corrected chi connectivity index (χ3v) is 7.64. The van der Waals surface area contributed by atoms with Crippen molar-refractivity contribution in [3.8, 4) is 10.4 Å². The van der Waals surface area contributed by atoms with E-state index in [1.54, 1.807) is 24.4 Å². The average molecular weight is 523 g/mol. The molecule has 8 nitrogen and oxygen atoms in total. The number of carbonyl (C=O) groups is 1. The lowest BCUT2D eigenvalue weighted by atomic mass is 9.63. The van der Waals surface area contributed by atoms with Gasteiger partial charge in [0.1, 0.15) is 16.3 Å². The maximum atomic E-state index is 13.0. The number of nitrogens with one attached hydrogen (secondary N) is 1. The smallest absolute Gasteiger partial charge is 0.433 e. The molecule has 192 valence electrons. The second kappa shape index (κ2) is 9.41. The zero-order valence-electron chi connectivity index (χ0n) is 19.5. The largest absolute Gasteiger partial charge is 0.481 e. The molecule has 2 atom stereocenters. The molecule has 4 rings (SSSR count). The summed E-state index contributed by atoms with van der Waals surface area (Å²) < 4.78 is 39.0. The van der Waals surface area contributed by atoms with Gasteiger partial charge >= 0.3 is 12.1 Å². The molecule has 12 heteroatoms. The molecule has 36 heavy (non-hydrogen) atoms. The molecule has 1 saturated carbocycles. The monoisotopic (exact) mass is 522 g/mol. The number of rotatable bonds is 6. The van der Waals surface area contributed by atoms with Crippen LogP contribution in [0, 0.1) is 11.3 Å². The van der Waals surface area contributed by atoms with Crippen molar-refractivity contribution in [1.82, 2.24) is 15.0 Å². The average Bonchev–Trinajstić information content (AvgIpc) is 3.29. The van der Waals surface area contributed by atoms with Crippen molar-refractivity contribution < 1.29 is 33.3 Å². The molecule has 4 N–H and O–H groups in total. The molecule has 0 spiro atoms. The molecular weight excluding hydrogens is 497 g/mol. The molecule has 0 radical (unpaired) electrons. The SMILES string of the molecule is CC1(C)CC(O)(c2ncc(-c3cc(CO)cc(Nc4nccc(C(F)(F)F)n4)c3)s2)CCC1C(=O)O. The number of halogens is 3. The summed E-state index contributed by atoms with van der Waals surface area (Å²) in [5, 5.41) is 33.8. The van der Waals surface area contributed by atoms with E-state index in [9.17, 15) is 33.3 Å². The highest BCUT2D eigenvalue weighted by molar-refractivity contribution is 7.15. The van der Waals surface area contributed by atoms with Gasteiger partial charge in [-0.2, -0.15) is 13.2 Å². The van der Waals surface area contributed by atoms with E-state index in [0.29, 0.717) is 33.1 Å². The molecule has 1 aliphatic rings. The van der Waals surface area contributed by atoms with E-state index >= 15 is 0 Å². The van der Waals surface area contributed by atoms with Gasteiger partial charge < -0.3 is 20.6 Å². The normalized spacial score (nSPS) is 21.8. The van der Waals surface area contributed by atoms with Crippen molar-refractivity contribution in [2.75, 3.05) is 5.32 Å². The predicted octanol–water partition coefficient (Wildman–Crippen LogP) is 4.95. The Labute approximate surface area is 208 Å². The van der Waals surface area contributed by atoms with Crippen LogP contribution in [-0.2, 0) is 23.2 Å². The number of thiazole rings is 1. The van der Waals surface area contributed by atoms with Crippen molar-refractivity contribution in [3.05, 3.63) is 52.9 Å². The van der Waals surface area contributed by atoms with Gasteiger partial charge in [-0.1, -0.05) is 13.8 Å². The Balaban J connectivity index is 1.62.